The average molecular weight is 321 g/mol. The maximum Gasteiger partial charge on any atom is 0.182 e. The highest BCUT2D eigenvalue weighted by Crippen LogP contribution is 2.30. The molecule has 128 valence electrons. The molecule has 2 aliphatic rings. The van der Waals surface area contributed by atoms with Crippen molar-refractivity contribution >= 4 is 0 Å². The number of ether oxygens (including phenoxy) is 3. The molecule has 2 heterocycles. The predicted octanol–water partition coefficient (Wildman–Crippen LogP) is 1.80. The van der Waals surface area contributed by atoms with E-state index in [2.05, 4.69) is 30.9 Å². The van der Waals surface area contributed by atoms with Gasteiger partial charge in [0, 0.05) is 19.5 Å². The van der Waals surface area contributed by atoms with Crippen LogP contribution in [-0.4, -0.2) is 61.4 Å². The number of likely N-dealkylation sites (tertiary alicyclic amines) is 1. The SMILES string of the molecule is Cc1ccc(C)c(OC[C@@H](O)CN2CCC3(C2)OCCO3)c1C. The molecule has 0 saturated carbocycles. The third-order valence-corrected chi connectivity index (χ3v) is 4.85. The van der Waals surface area contributed by atoms with Crippen molar-refractivity contribution in [3.05, 3.63) is 28.8 Å². The lowest BCUT2D eigenvalue weighted by molar-refractivity contribution is -0.146. The molecule has 0 aromatic heterocycles. The van der Waals surface area contributed by atoms with Crippen LogP contribution < -0.4 is 4.74 Å². The summed E-state index contributed by atoms with van der Waals surface area (Å²) in [6.07, 6.45) is 0.349. The summed E-state index contributed by atoms with van der Waals surface area (Å²) in [6.45, 7) is 10.0. The molecule has 0 unspecified atom stereocenters. The van der Waals surface area contributed by atoms with Crippen molar-refractivity contribution in [3.63, 3.8) is 0 Å². The van der Waals surface area contributed by atoms with Gasteiger partial charge >= 0.3 is 0 Å². The average Bonchev–Trinajstić information content (AvgIpc) is 3.13. The minimum atomic E-state index is -0.522. The van der Waals surface area contributed by atoms with E-state index in [1.807, 2.05) is 6.92 Å². The van der Waals surface area contributed by atoms with Gasteiger partial charge in [0.25, 0.3) is 0 Å². The molecule has 0 aliphatic carbocycles. The summed E-state index contributed by atoms with van der Waals surface area (Å²) in [5, 5.41) is 10.3. The molecule has 5 heteroatoms. The van der Waals surface area contributed by atoms with Crippen molar-refractivity contribution in [2.75, 3.05) is 39.5 Å². The highest BCUT2D eigenvalue weighted by molar-refractivity contribution is 5.44. The molecule has 2 saturated heterocycles. The number of rotatable bonds is 5. The van der Waals surface area contributed by atoms with Gasteiger partial charge in [-0.3, -0.25) is 4.90 Å². The minimum Gasteiger partial charge on any atom is -0.490 e. The van der Waals surface area contributed by atoms with Crippen LogP contribution in [0.1, 0.15) is 23.1 Å². The Morgan fingerprint density at radius 1 is 1.22 bits per heavy atom. The molecule has 1 N–H and O–H groups in total. The number of hydrogen-bond donors (Lipinski definition) is 1. The summed E-state index contributed by atoms with van der Waals surface area (Å²) in [5.41, 5.74) is 3.45. The van der Waals surface area contributed by atoms with Gasteiger partial charge in [0.05, 0.1) is 19.8 Å². The number of aliphatic hydroxyl groups is 1. The molecule has 0 bridgehead atoms. The molecule has 23 heavy (non-hydrogen) atoms. The smallest absolute Gasteiger partial charge is 0.182 e. The van der Waals surface area contributed by atoms with E-state index in [-0.39, 0.29) is 0 Å². The molecule has 0 radical (unpaired) electrons. The minimum absolute atomic E-state index is 0.302. The molecule has 0 amide bonds. The van der Waals surface area contributed by atoms with Gasteiger partial charge in [0.2, 0.25) is 0 Å². The molecule has 3 rings (SSSR count). The van der Waals surface area contributed by atoms with Crippen molar-refractivity contribution in [1.82, 2.24) is 4.90 Å². The van der Waals surface area contributed by atoms with Crippen LogP contribution in [0.2, 0.25) is 0 Å². The van der Waals surface area contributed by atoms with Gasteiger partial charge in [-0.15, -0.1) is 0 Å². The fraction of sp³-hybridized carbons (Fsp3) is 0.667. The predicted molar refractivity (Wildman–Crippen MR) is 87.8 cm³/mol. The van der Waals surface area contributed by atoms with Crippen LogP contribution in [0.25, 0.3) is 0 Å². The lowest BCUT2D eigenvalue weighted by Gasteiger charge is -2.24. The molecule has 1 spiro atoms. The Hall–Kier alpha value is -1.14. The van der Waals surface area contributed by atoms with Crippen LogP contribution in [0.5, 0.6) is 5.75 Å². The number of benzene rings is 1. The third-order valence-electron chi connectivity index (χ3n) is 4.85. The first-order valence-electron chi connectivity index (χ1n) is 8.37. The van der Waals surface area contributed by atoms with Crippen molar-refractivity contribution in [2.45, 2.75) is 39.1 Å². The van der Waals surface area contributed by atoms with Crippen molar-refractivity contribution < 1.29 is 19.3 Å². The zero-order chi connectivity index (χ0) is 16.4. The van der Waals surface area contributed by atoms with E-state index in [4.69, 9.17) is 14.2 Å². The number of aliphatic hydroxyl groups excluding tert-OH is 1. The lowest BCUT2D eigenvalue weighted by Crippen LogP contribution is -2.38. The van der Waals surface area contributed by atoms with Gasteiger partial charge < -0.3 is 19.3 Å². The van der Waals surface area contributed by atoms with Gasteiger partial charge in [-0.1, -0.05) is 12.1 Å². The largest absolute Gasteiger partial charge is 0.490 e. The zero-order valence-corrected chi connectivity index (χ0v) is 14.3. The molecule has 2 fully saturated rings. The van der Waals surface area contributed by atoms with E-state index >= 15 is 0 Å². The maximum atomic E-state index is 10.3. The van der Waals surface area contributed by atoms with E-state index in [0.29, 0.717) is 26.4 Å². The first-order chi connectivity index (χ1) is 11.0. The fourth-order valence-electron chi connectivity index (χ4n) is 3.39. The second kappa shape index (κ2) is 6.77. The monoisotopic (exact) mass is 321 g/mol. The lowest BCUT2D eigenvalue weighted by atomic mass is 10.1. The topological polar surface area (TPSA) is 51.2 Å². The van der Waals surface area contributed by atoms with Crippen LogP contribution in [0.15, 0.2) is 12.1 Å². The molecule has 1 aromatic rings. The molecule has 2 aliphatic heterocycles. The number of β-amino-alcohol motifs (C(OH)–C–C–N with tert-alkyl or cyclic N) is 1. The number of aryl methyl sites for hydroxylation is 2. The van der Waals surface area contributed by atoms with E-state index in [0.717, 1.165) is 36.4 Å². The number of hydrogen-bond acceptors (Lipinski definition) is 5. The molecule has 5 nitrogen and oxygen atoms in total. The first-order valence-corrected chi connectivity index (χ1v) is 8.37. The van der Waals surface area contributed by atoms with Crippen molar-refractivity contribution in [1.29, 1.82) is 0 Å². The van der Waals surface area contributed by atoms with E-state index in [1.165, 1.54) is 5.56 Å². The highest BCUT2D eigenvalue weighted by Gasteiger charge is 2.43. The zero-order valence-electron chi connectivity index (χ0n) is 14.3. The molecular weight excluding hydrogens is 294 g/mol. The third kappa shape index (κ3) is 3.69. The van der Waals surface area contributed by atoms with Crippen LogP contribution in [0.4, 0.5) is 0 Å². The van der Waals surface area contributed by atoms with E-state index in [1.54, 1.807) is 0 Å². The Bertz CT molecular complexity index is 554. The summed E-state index contributed by atoms with van der Waals surface area (Å²) in [5.74, 6) is 0.467. The normalized spacial score (nSPS) is 21.9. The molecular formula is C18H27NO4. The van der Waals surface area contributed by atoms with Crippen LogP contribution in [-0.2, 0) is 9.47 Å². The van der Waals surface area contributed by atoms with Gasteiger partial charge in [0.15, 0.2) is 5.79 Å². The summed E-state index contributed by atoms with van der Waals surface area (Å²) in [6, 6.07) is 4.16. The first kappa shape index (κ1) is 16.7. The van der Waals surface area contributed by atoms with Gasteiger partial charge in [-0.05, 0) is 37.5 Å². The molecule has 1 atom stereocenters. The van der Waals surface area contributed by atoms with E-state index < -0.39 is 11.9 Å². The standard InChI is InChI=1S/C18H27NO4/c1-13-4-5-14(2)17(15(13)3)21-11-16(20)10-19-7-6-18(12-19)22-8-9-23-18/h4-5,16,20H,6-12H2,1-3H3/t16-/m0/s1. The Kier molecular flexibility index (Phi) is 4.92. The summed E-state index contributed by atoms with van der Waals surface area (Å²) in [7, 11) is 0. The Morgan fingerprint density at radius 3 is 2.65 bits per heavy atom. The second-order valence-electron chi connectivity index (χ2n) is 6.71. The quantitative estimate of drug-likeness (QED) is 0.896. The summed E-state index contributed by atoms with van der Waals surface area (Å²) >= 11 is 0. The second-order valence-corrected chi connectivity index (χ2v) is 6.71. The Morgan fingerprint density at radius 2 is 1.91 bits per heavy atom. The Balaban J connectivity index is 1.51. The van der Waals surface area contributed by atoms with E-state index in [9.17, 15) is 5.11 Å². The maximum absolute atomic E-state index is 10.3. The van der Waals surface area contributed by atoms with Gasteiger partial charge in [0.1, 0.15) is 18.5 Å². The van der Waals surface area contributed by atoms with Crippen molar-refractivity contribution in [3.8, 4) is 5.75 Å². The van der Waals surface area contributed by atoms with Crippen LogP contribution in [0, 0.1) is 20.8 Å². The van der Waals surface area contributed by atoms with Gasteiger partial charge in [-0.25, -0.2) is 0 Å². The highest BCUT2D eigenvalue weighted by atomic mass is 16.7. The fourth-order valence-corrected chi connectivity index (χ4v) is 3.39. The number of nitrogens with zero attached hydrogens (tertiary/aromatic N) is 1. The summed E-state index contributed by atoms with van der Waals surface area (Å²) < 4.78 is 17.3. The van der Waals surface area contributed by atoms with Gasteiger partial charge in [-0.2, -0.15) is 0 Å². The molecule has 1 aromatic carbocycles. The van der Waals surface area contributed by atoms with Crippen molar-refractivity contribution in [2.24, 2.45) is 0 Å². The van der Waals surface area contributed by atoms with Crippen LogP contribution >= 0.6 is 0 Å². The Labute approximate surface area is 138 Å². The van der Waals surface area contributed by atoms with Crippen LogP contribution in [0.3, 0.4) is 0 Å². The summed E-state index contributed by atoms with van der Waals surface area (Å²) in [4.78, 5) is 2.19.